The van der Waals surface area contributed by atoms with Crippen LogP contribution in [0.2, 0.25) is 0 Å². The molecule has 0 aromatic rings. The van der Waals surface area contributed by atoms with Crippen LogP contribution in [0.15, 0.2) is 0 Å². The van der Waals surface area contributed by atoms with Crippen LogP contribution < -0.4 is 0 Å². The highest BCUT2D eigenvalue weighted by Gasteiger charge is 2.42. The summed E-state index contributed by atoms with van der Waals surface area (Å²) in [6.45, 7) is 2.34. The van der Waals surface area contributed by atoms with Gasteiger partial charge in [0.15, 0.2) is 0 Å². The van der Waals surface area contributed by atoms with E-state index >= 15 is 0 Å². The molecule has 0 aromatic heterocycles. The van der Waals surface area contributed by atoms with Gasteiger partial charge >= 0.3 is 5.97 Å². The molecule has 0 heterocycles. The van der Waals surface area contributed by atoms with E-state index in [1.54, 1.807) is 0 Å². The molecule has 2 atom stereocenters. The molecule has 2 saturated carbocycles. The molecule has 3 nitrogen and oxygen atoms in total. The van der Waals surface area contributed by atoms with Gasteiger partial charge in [-0.3, -0.25) is 9.69 Å². The number of rotatable bonds is 4. The zero-order valence-corrected chi connectivity index (χ0v) is 12.5. The van der Waals surface area contributed by atoms with E-state index in [1.165, 1.54) is 44.9 Å². The average Bonchev–Trinajstić information content (AvgIpc) is 2.39. The largest absolute Gasteiger partial charge is 0.481 e. The maximum Gasteiger partial charge on any atom is 0.305 e. The SMILES string of the molecule is CC1CCCCC1N(C)C1(CC(=O)O)CCCCC1. The first-order valence-electron chi connectivity index (χ1n) is 8.00. The van der Waals surface area contributed by atoms with Crippen molar-refractivity contribution in [3.63, 3.8) is 0 Å². The van der Waals surface area contributed by atoms with Gasteiger partial charge in [-0.25, -0.2) is 0 Å². The second-order valence-electron chi connectivity index (χ2n) is 6.80. The van der Waals surface area contributed by atoms with Crippen LogP contribution in [0, 0.1) is 5.92 Å². The van der Waals surface area contributed by atoms with Gasteiger partial charge in [0.2, 0.25) is 0 Å². The third-order valence-corrected chi connectivity index (χ3v) is 5.58. The Morgan fingerprint density at radius 3 is 2.37 bits per heavy atom. The monoisotopic (exact) mass is 267 g/mol. The van der Waals surface area contributed by atoms with Crippen LogP contribution in [-0.4, -0.2) is 34.6 Å². The second-order valence-corrected chi connectivity index (χ2v) is 6.80. The van der Waals surface area contributed by atoms with Gasteiger partial charge in [0, 0.05) is 11.6 Å². The van der Waals surface area contributed by atoms with E-state index in [-0.39, 0.29) is 5.54 Å². The minimum atomic E-state index is -0.628. The normalized spacial score (nSPS) is 31.3. The standard InChI is InChI=1S/C16H29NO2/c1-13-8-4-5-9-14(13)17(2)16(12-15(18)19)10-6-3-7-11-16/h13-14H,3-12H2,1-2H3,(H,18,19). The van der Waals surface area contributed by atoms with Crippen molar-refractivity contribution in [1.82, 2.24) is 4.90 Å². The molecule has 2 unspecified atom stereocenters. The lowest BCUT2D eigenvalue weighted by atomic mass is 9.74. The van der Waals surface area contributed by atoms with Crippen molar-refractivity contribution < 1.29 is 9.90 Å². The van der Waals surface area contributed by atoms with Crippen LogP contribution >= 0.6 is 0 Å². The molecule has 0 amide bonds. The summed E-state index contributed by atoms with van der Waals surface area (Å²) in [6, 6.07) is 0.589. The predicted molar refractivity (Wildman–Crippen MR) is 77.3 cm³/mol. The molecule has 2 fully saturated rings. The summed E-state index contributed by atoms with van der Waals surface area (Å²) in [4.78, 5) is 13.8. The summed E-state index contributed by atoms with van der Waals surface area (Å²) < 4.78 is 0. The summed E-state index contributed by atoms with van der Waals surface area (Å²) in [6.07, 6.45) is 11.3. The third-order valence-electron chi connectivity index (χ3n) is 5.58. The minimum absolute atomic E-state index is 0.0691. The van der Waals surface area contributed by atoms with E-state index in [0.29, 0.717) is 18.4 Å². The zero-order valence-electron chi connectivity index (χ0n) is 12.5. The van der Waals surface area contributed by atoms with Gasteiger partial charge in [-0.2, -0.15) is 0 Å². The van der Waals surface area contributed by atoms with Crippen molar-refractivity contribution in [1.29, 1.82) is 0 Å². The number of nitrogens with zero attached hydrogens (tertiary/aromatic N) is 1. The lowest BCUT2D eigenvalue weighted by Crippen LogP contribution is -2.55. The molecule has 3 heteroatoms. The van der Waals surface area contributed by atoms with Crippen molar-refractivity contribution >= 4 is 5.97 Å². The van der Waals surface area contributed by atoms with Crippen molar-refractivity contribution in [3.8, 4) is 0 Å². The van der Waals surface area contributed by atoms with Crippen molar-refractivity contribution in [2.24, 2.45) is 5.92 Å². The summed E-state index contributed by atoms with van der Waals surface area (Å²) in [5.41, 5.74) is -0.0691. The molecule has 0 bridgehead atoms. The van der Waals surface area contributed by atoms with Crippen LogP contribution in [0.5, 0.6) is 0 Å². The van der Waals surface area contributed by atoms with Crippen molar-refractivity contribution in [2.75, 3.05) is 7.05 Å². The Labute approximate surface area is 117 Å². The molecule has 0 aliphatic heterocycles. The molecule has 19 heavy (non-hydrogen) atoms. The fourth-order valence-corrected chi connectivity index (χ4v) is 4.37. The Morgan fingerprint density at radius 1 is 1.16 bits per heavy atom. The van der Waals surface area contributed by atoms with Gasteiger partial charge in [0.25, 0.3) is 0 Å². The maximum absolute atomic E-state index is 11.3. The molecule has 1 N–H and O–H groups in total. The molecule has 2 rings (SSSR count). The van der Waals surface area contributed by atoms with Gasteiger partial charge in [0.05, 0.1) is 6.42 Å². The quantitative estimate of drug-likeness (QED) is 0.844. The third kappa shape index (κ3) is 3.31. The Hall–Kier alpha value is -0.570. The summed E-state index contributed by atoms with van der Waals surface area (Å²) in [5, 5.41) is 9.32. The highest BCUT2D eigenvalue weighted by Crippen LogP contribution is 2.40. The van der Waals surface area contributed by atoms with Crippen LogP contribution in [0.4, 0.5) is 0 Å². The van der Waals surface area contributed by atoms with E-state index in [9.17, 15) is 9.90 Å². The molecule has 2 aliphatic rings. The maximum atomic E-state index is 11.3. The Kier molecular flexibility index (Phi) is 4.88. The number of carbonyl (C=O) groups is 1. The first-order valence-corrected chi connectivity index (χ1v) is 8.00. The first kappa shape index (κ1) is 14.8. The number of carboxylic acids is 1. The van der Waals surface area contributed by atoms with Gasteiger partial charge in [-0.1, -0.05) is 39.0 Å². The first-order chi connectivity index (χ1) is 9.05. The Balaban J connectivity index is 2.14. The topological polar surface area (TPSA) is 40.5 Å². The van der Waals surface area contributed by atoms with E-state index in [4.69, 9.17) is 0 Å². The summed E-state index contributed by atoms with van der Waals surface area (Å²) >= 11 is 0. The van der Waals surface area contributed by atoms with Crippen molar-refractivity contribution in [2.45, 2.75) is 82.7 Å². The molecule has 0 aromatic carbocycles. The van der Waals surface area contributed by atoms with Gasteiger partial charge in [-0.05, 0) is 38.6 Å². The molecule has 0 saturated heterocycles. The molecule has 110 valence electrons. The smallest absolute Gasteiger partial charge is 0.305 e. The highest BCUT2D eigenvalue weighted by atomic mass is 16.4. The fourth-order valence-electron chi connectivity index (χ4n) is 4.37. The second kappa shape index (κ2) is 6.25. The van der Waals surface area contributed by atoms with Gasteiger partial charge in [-0.15, -0.1) is 0 Å². The Morgan fingerprint density at radius 2 is 1.79 bits per heavy atom. The Bertz CT molecular complexity index is 310. The van der Waals surface area contributed by atoms with Crippen molar-refractivity contribution in [3.05, 3.63) is 0 Å². The van der Waals surface area contributed by atoms with Crippen LogP contribution in [0.25, 0.3) is 0 Å². The van der Waals surface area contributed by atoms with Crippen LogP contribution in [0.3, 0.4) is 0 Å². The number of hydrogen-bond donors (Lipinski definition) is 1. The lowest BCUT2D eigenvalue weighted by Gasteiger charge is -2.50. The molecular formula is C16H29NO2. The lowest BCUT2D eigenvalue weighted by molar-refractivity contribution is -0.142. The predicted octanol–water partition coefficient (Wildman–Crippen LogP) is 3.67. The number of aliphatic carboxylic acids is 1. The fraction of sp³-hybridized carbons (Fsp3) is 0.938. The minimum Gasteiger partial charge on any atom is -0.481 e. The van der Waals surface area contributed by atoms with E-state index in [2.05, 4.69) is 18.9 Å². The van der Waals surface area contributed by atoms with Gasteiger partial charge < -0.3 is 5.11 Å². The van der Waals surface area contributed by atoms with E-state index in [0.717, 1.165) is 12.8 Å². The molecule has 0 radical (unpaired) electrons. The molecule has 0 spiro atoms. The highest BCUT2D eigenvalue weighted by molar-refractivity contribution is 5.68. The van der Waals surface area contributed by atoms with Crippen LogP contribution in [0.1, 0.15) is 71.1 Å². The molecule has 2 aliphatic carbocycles. The average molecular weight is 267 g/mol. The number of hydrogen-bond acceptors (Lipinski definition) is 2. The molecular weight excluding hydrogens is 238 g/mol. The van der Waals surface area contributed by atoms with Gasteiger partial charge in [0.1, 0.15) is 0 Å². The zero-order chi connectivity index (χ0) is 13.9. The summed E-state index contributed by atoms with van der Waals surface area (Å²) in [5.74, 6) is 0.0866. The number of carboxylic acid groups (broad SMARTS) is 1. The van der Waals surface area contributed by atoms with E-state index in [1.807, 2.05) is 0 Å². The van der Waals surface area contributed by atoms with Crippen LogP contribution in [-0.2, 0) is 4.79 Å². The summed E-state index contributed by atoms with van der Waals surface area (Å²) in [7, 11) is 2.20. The van der Waals surface area contributed by atoms with E-state index < -0.39 is 5.97 Å².